The Bertz CT molecular complexity index is 790. The number of aromatic nitrogens is 1. The summed E-state index contributed by atoms with van der Waals surface area (Å²) in [5.74, 6) is 0.571. The number of halogens is 1. The average molecular weight is 409 g/mol. The van der Waals surface area contributed by atoms with E-state index in [1.54, 1.807) is 12.1 Å². The molecule has 154 valence electrons. The molecule has 0 aliphatic carbocycles. The van der Waals surface area contributed by atoms with Gasteiger partial charge in [-0.05, 0) is 37.8 Å². The van der Waals surface area contributed by atoms with Crippen molar-refractivity contribution in [1.29, 1.82) is 0 Å². The van der Waals surface area contributed by atoms with E-state index in [4.69, 9.17) is 0 Å². The molecular formula is C20H29ClN4O3. The lowest BCUT2D eigenvalue weighted by Gasteiger charge is -2.47. The zero-order chi connectivity index (χ0) is 19.0. The van der Waals surface area contributed by atoms with Crippen LogP contribution in [0.15, 0.2) is 23.0 Å². The first-order valence-corrected chi connectivity index (χ1v) is 10.00. The van der Waals surface area contributed by atoms with E-state index in [0.717, 1.165) is 38.0 Å². The summed E-state index contributed by atoms with van der Waals surface area (Å²) in [6, 6.07) is 5.28. The molecule has 1 aromatic rings. The molecule has 4 heterocycles. The third kappa shape index (κ3) is 3.96. The van der Waals surface area contributed by atoms with Gasteiger partial charge in [-0.3, -0.25) is 14.4 Å². The standard InChI is InChI=1S/C20H28N4O3.ClH/c1-13(25)22-10-18-16-8-15(17-5-2-6-19(26)24(17)18)11-23(12-16)20(27)14-4-3-7-21-9-14;/h2,5-6,14-16,18,21H,3-4,7-12H2,1H3,(H,22,25);1H/t14-,15-,16+,18+;/m1./s1. The van der Waals surface area contributed by atoms with Crippen LogP contribution in [0.25, 0.3) is 0 Å². The van der Waals surface area contributed by atoms with E-state index >= 15 is 0 Å². The first kappa shape index (κ1) is 20.9. The maximum absolute atomic E-state index is 13.1. The van der Waals surface area contributed by atoms with Crippen molar-refractivity contribution in [3.63, 3.8) is 0 Å². The minimum atomic E-state index is -0.103. The molecule has 8 heteroatoms. The van der Waals surface area contributed by atoms with Crippen molar-refractivity contribution in [1.82, 2.24) is 20.1 Å². The molecule has 0 aromatic carbocycles. The molecular weight excluding hydrogens is 380 g/mol. The first-order chi connectivity index (χ1) is 13.0. The zero-order valence-corrected chi connectivity index (χ0v) is 17.0. The molecule has 3 aliphatic rings. The van der Waals surface area contributed by atoms with Crippen LogP contribution in [0.2, 0.25) is 0 Å². The van der Waals surface area contributed by atoms with Crippen molar-refractivity contribution in [2.45, 2.75) is 38.1 Å². The Morgan fingerprint density at radius 2 is 2.11 bits per heavy atom. The van der Waals surface area contributed by atoms with Crippen molar-refractivity contribution < 1.29 is 9.59 Å². The molecule has 2 saturated heterocycles. The second-order valence-corrected chi connectivity index (χ2v) is 8.14. The molecule has 0 spiro atoms. The highest BCUT2D eigenvalue weighted by atomic mass is 35.5. The maximum atomic E-state index is 13.1. The number of pyridine rings is 1. The van der Waals surface area contributed by atoms with Crippen molar-refractivity contribution >= 4 is 24.2 Å². The predicted molar refractivity (Wildman–Crippen MR) is 109 cm³/mol. The van der Waals surface area contributed by atoms with Gasteiger partial charge in [0.2, 0.25) is 11.8 Å². The molecule has 4 rings (SSSR count). The van der Waals surface area contributed by atoms with E-state index < -0.39 is 0 Å². The van der Waals surface area contributed by atoms with Crippen molar-refractivity contribution in [2.24, 2.45) is 11.8 Å². The number of hydrogen-bond donors (Lipinski definition) is 2. The highest BCUT2D eigenvalue weighted by Gasteiger charge is 2.42. The molecule has 1 aromatic heterocycles. The highest BCUT2D eigenvalue weighted by molar-refractivity contribution is 5.85. The number of amides is 2. The molecule has 0 radical (unpaired) electrons. The van der Waals surface area contributed by atoms with Gasteiger partial charge in [0.15, 0.2) is 0 Å². The number of fused-ring (bicyclic) bond motifs is 4. The van der Waals surface area contributed by atoms with Crippen molar-refractivity contribution in [2.75, 3.05) is 32.7 Å². The number of rotatable bonds is 3. The van der Waals surface area contributed by atoms with Gasteiger partial charge in [-0.15, -0.1) is 12.4 Å². The second-order valence-electron chi connectivity index (χ2n) is 8.14. The van der Waals surface area contributed by atoms with Crippen molar-refractivity contribution in [3.05, 3.63) is 34.2 Å². The number of nitrogens with zero attached hydrogens (tertiary/aromatic N) is 2. The fourth-order valence-electron chi connectivity index (χ4n) is 5.05. The maximum Gasteiger partial charge on any atom is 0.251 e. The molecule has 4 atom stereocenters. The van der Waals surface area contributed by atoms with Gasteiger partial charge in [-0.25, -0.2) is 0 Å². The van der Waals surface area contributed by atoms with E-state index in [0.29, 0.717) is 19.6 Å². The summed E-state index contributed by atoms with van der Waals surface area (Å²) in [6.45, 7) is 5.02. The quantitative estimate of drug-likeness (QED) is 0.778. The zero-order valence-electron chi connectivity index (χ0n) is 16.2. The second kappa shape index (κ2) is 8.66. The lowest BCUT2D eigenvalue weighted by atomic mass is 9.78. The van der Waals surface area contributed by atoms with E-state index in [9.17, 15) is 14.4 Å². The Kier molecular flexibility index (Phi) is 6.45. The van der Waals surface area contributed by atoms with E-state index in [1.807, 2.05) is 15.5 Å². The van der Waals surface area contributed by atoms with Gasteiger partial charge in [0.05, 0.1) is 12.0 Å². The van der Waals surface area contributed by atoms with Crippen molar-refractivity contribution in [3.8, 4) is 0 Å². The van der Waals surface area contributed by atoms with E-state index in [1.165, 1.54) is 6.92 Å². The van der Waals surface area contributed by atoms with Gasteiger partial charge in [0.25, 0.3) is 5.56 Å². The van der Waals surface area contributed by atoms with Gasteiger partial charge < -0.3 is 20.1 Å². The number of hydrogen-bond acceptors (Lipinski definition) is 4. The summed E-state index contributed by atoms with van der Waals surface area (Å²) < 4.78 is 1.86. The largest absolute Gasteiger partial charge is 0.354 e. The summed E-state index contributed by atoms with van der Waals surface area (Å²) in [5, 5.41) is 6.21. The van der Waals surface area contributed by atoms with Crippen LogP contribution in [-0.2, 0) is 9.59 Å². The Morgan fingerprint density at radius 1 is 1.29 bits per heavy atom. The van der Waals surface area contributed by atoms with Crippen LogP contribution in [0.4, 0.5) is 0 Å². The molecule has 3 aliphatic heterocycles. The van der Waals surface area contributed by atoms with Crippen LogP contribution in [0.5, 0.6) is 0 Å². The highest BCUT2D eigenvalue weighted by Crippen LogP contribution is 2.41. The van der Waals surface area contributed by atoms with Gasteiger partial charge in [-0.1, -0.05) is 6.07 Å². The Labute approximate surface area is 171 Å². The fraction of sp³-hybridized carbons (Fsp3) is 0.650. The van der Waals surface area contributed by atoms with Crippen LogP contribution in [0.1, 0.15) is 43.8 Å². The molecule has 7 nitrogen and oxygen atoms in total. The van der Waals surface area contributed by atoms with Crippen LogP contribution in [0.3, 0.4) is 0 Å². The SMILES string of the molecule is CC(=O)NC[C@H]1[C@H]2C[C@H](CN(C(=O)[C@@H]3CCCNC3)C2)c2cccc(=O)n21.Cl. The molecule has 2 bridgehead atoms. The molecule has 2 fully saturated rings. The Balaban J connectivity index is 0.00000225. The third-order valence-electron chi connectivity index (χ3n) is 6.32. The Hall–Kier alpha value is -1.86. The van der Waals surface area contributed by atoms with Gasteiger partial charge >= 0.3 is 0 Å². The monoisotopic (exact) mass is 408 g/mol. The van der Waals surface area contributed by atoms with Gasteiger partial charge in [0, 0.05) is 50.8 Å². The summed E-state index contributed by atoms with van der Waals surface area (Å²) in [4.78, 5) is 39.1. The summed E-state index contributed by atoms with van der Waals surface area (Å²) >= 11 is 0. The minimum absolute atomic E-state index is 0. The normalized spacial score (nSPS) is 28.7. The molecule has 0 saturated carbocycles. The number of carbonyl (C=O) groups excluding carboxylic acids is 2. The third-order valence-corrected chi connectivity index (χ3v) is 6.32. The molecule has 2 amide bonds. The van der Waals surface area contributed by atoms with Crippen LogP contribution in [-0.4, -0.2) is 54.0 Å². The lowest BCUT2D eigenvalue weighted by Crippen LogP contribution is -2.55. The number of nitrogens with one attached hydrogen (secondary N) is 2. The smallest absolute Gasteiger partial charge is 0.251 e. The topological polar surface area (TPSA) is 83.4 Å². The summed E-state index contributed by atoms with van der Waals surface area (Å²) in [6.07, 6.45) is 2.95. The molecule has 0 unspecified atom stereocenters. The van der Waals surface area contributed by atoms with E-state index in [-0.39, 0.29) is 53.6 Å². The van der Waals surface area contributed by atoms with Gasteiger partial charge in [-0.2, -0.15) is 0 Å². The number of likely N-dealkylation sites (tertiary alicyclic amines) is 1. The molecule has 2 N–H and O–H groups in total. The number of piperidine rings is 2. The first-order valence-electron chi connectivity index (χ1n) is 10.00. The fourth-order valence-corrected chi connectivity index (χ4v) is 5.05. The molecule has 28 heavy (non-hydrogen) atoms. The van der Waals surface area contributed by atoms with Crippen LogP contribution >= 0.6 is 12.4 Å². The Morgan fingerprint density at radius 3 is 2.82 bits per heavy atom. The summed E-state index contributed by atoms with van der Waals surface area (Å²) in [5.41, 5.74) is 0.974. The average Bonchev–Trinajstić information content (AvgIpc) is 2.68. The minimum Gasteiger partial charge on any atom is -0.354 e. The number of carbonyl (C=O) groups is 2. The summed E-state index contributed by atoms with van der Waals surface area (Å²) in [7, 11) is 0. The van der Waals surface area contributed by atoms with E-state index in [2.05, 4.69) is 10.6 Å². The van der Waals surface area contributed by atoms with Crippen LogP contribution in [0, 0.1) is 11.8 Å². The van der Waals surface area contributed by atoms with Gasteiger partial charge in [0.1, 0.15) is 0 Å². The lowest BCUT2D eigenvalue weighted by molar-refractivity contribution is -0.139. The van der Waals surface area contributed by atoms with Crippen LogP contribution < -0.4 is 16.2 Å². The predicted octanol–water partition coefficient (Wildman–Crippen LogP) is 0.893.